The zero-order valence-electron chi connectivity index (χ0n) is 12.1. The van der Waals surface area contributed by atoms with Crippen molar-refractivity contribution in [2.24, 2.45) is 11.7 Å². The van der Waals surface area contributed by atoms with Gasteiger partial charge in [0.05, 0.1) is 0 Å². The van der Waals surface area contributed by atoms with Crippen LogP contribution in [-0.2, 0) is 16.6 Å². The molecule has 1 fully saturated rings. The molecule has 6 heteroatoms. The molecule has 0 heterocycles. The lowest BCUT2D eigenvalue weighted by Gasteiger charge is -2.11. The first-order valence-corrected chi connectivity index (χ1v) is 8.99. The largest absolute Gasteiger partial charge is 0.326 e. The number of hydrogen-bond donors (Lipinski definition) is 2. The molecule has 0 amide bonds. The van der Waals surface area contributed by atoms with Gasteiger partial charge in [0.2, 0.25) is 10.0 Å². The molecule has 4 nitrogen and oxygen atoms in total. The molecule has 0 unspecified atom stereocenters. The molecule has 0 aromatic heterocycles. The monoisotopic (exact) mass is 314 g/mol. The van der Waals surface area contributed by atoms with E-state index >= 15 is 0 Å². The van der Waals surface area contributed by atoms with E-state index in [1.54, 1.807) is 0 Å². The van der Waals surface area contributed by atoms with Gasteiger partial charge in [-0.1, -0.05) is 31.7 Å². The van der Waals surface area contributed by atoms with Crippen LogP contribution in [0.1, 0.15) is 44.1 Å². The second-order valence-electron chi connectivity index (χ2n) is 5.66. The van der Waals surface area contributed by atoms with Crippen molar-refractivity contribution >= 4 is 10.0 Å². The number of sulfonamides is 1. The highest BCUT2D eigenvalue weighted by Crippen LogP contribution is 2.28. The quantitative estimate of drug-likeness (QED) is 0.760. The van der Waals surface area contributed by atoms with Crippen LogP contribution in [0.4, 0.5) is 4.39 Å². The number of nitrogens with one attached hydrogen (secondary N) is 1. The average molecular weight is 314 g/mol. The Hall–Kier alpha value is -0.980. The number of benzene rings is 1. The molecule has 0 spiro atoms. The number of nitrogens with two attached hydrogens (primary N) is 1. The highest BCUT2D eigenvalue weighted by molar-refractivity contribution is 7.89. The van der Waals surface area contributed by atoms with Crippen LogP contribution in [-0.4, -0.2) is 15.0 Å². The Kier molecular flexibility index (Phi) is 5.72. The van der Waals surface area contributed by atoms with Crippen molar-refractivity contribution < 1.29 is 12.8 Å². The Labute approximate surface area is 126 Å². The normalized spacial score (nSPS) is 16.5. The van der Waals surface area contributed by atoms with Crippen molar-refractivity contribution in [1.82, 2.24) is 4.72 Å². The fraction of sp³-hybridized carbons (Fsp3) is 0.600. The van der Waals surface area contributed by atoms with E-state index in [0.29, 0.717) is 12.1 Å². The molecule has 1 aromatic carbocycles. The number of rotatable bonds is 7. The zero-order valence-corrected chi connectivity index (χ0v) is 13.0. The summed E-state index contributed by atoms with van der Waals surface area (Å²) in [5, 5.41) is 0. The highest BCUT2D eigenvalue weighted by atomic mass is 32.2. The van der Waals surface area contributed by atoms with Gasteiger partial charge in [-0.15, -0.1) is 0 Å². The molecule has 0 aliphatic heterocycles. The maximum Gasteiger partial charge on any atom is 0.243 e. The Morgan fingerprint density at radius 2 is 2.00 bits per heavy atom. The van der Waals surface area contributed by atoms with E-state index < -0.39 is 15.8 Å². The predicted octanol–water partition coefficient (Wildman–Crippen LogP) is 2.53. The molecule has 0 radical (unpaired) electrons. The van der Waals surface area contributed by atoms with Crippen LogP contribution in [0.3, 0.4) is 0 Å². The summed E-state index contributed by atoms with van der Waals surface area (Å²) in [5.41, 5.74) is 6.07. The molecule has 0 atom stereocenters. The molecule has 1 aliphatic rings. The summed E-state index contributed by atoms with van der Waals surface area (Å²) in [6, 6.07) is 3.94. The second-order valence-corrected chi connectivity index (χ2v) is 7.39. The first-order chi connectivity index (χ1) is 10.0. The van der Waals surface area contributed by atoms with E-state index in [2.05, 4.69) is 4.72 Å². The molecular formula is C15H23FN2O2S. The Morgan fingerprint density at radius 1 is 1.29 bits per heavy atom. The van der Waals surface area contributed by atoms with Gasteiger partial charge in [-0.25, -0.2) is 17.5 Å². The summed E-state index contributed by atoms with van der Waals surface area (Å²) in [6.07, 6.45) is 6.90. The molecule has 0 saturated heterocycles. The third-order valence-corrected chi connectivity index (χ3v) is 5.55. The first kappa shape index (κ1) is 16.4. The summed E-state index contributed by atoms with van der Waals surface area (Å²) >= 11 is 0. The number of hydrogen-bond acceptors (Lipinski definition) is 3. The third kappa shape index (κ3) is 4.49. The van der Waals surface area contributed by atoms with Crippen LogP contribution in [0.2, 0.25) is 0 Å². The van der Waals surface area contributed by atoms with Gasteiger partial charge in [0.15, 0.2) is 0 Å². The summed E-state index contributed by atoms with van der Waals surface area (Å²) in [4.78, 5) is -0.314. The van der Waals surface area contributed by atoms with Gasteiger partial charge in [-0.3, -0.25) is 0 Å². The van der Waals surface area contributed by atoms with Crippen molar-refractivity contribution in [3.05, 3.63) is 29.6 Å². The standard InChI is InChI=1S/C15H23FN2O2S/c16-14-8-7-13(11-17)10-15(14)21(19,20)18-9-3-6-12-4-1-2-5-12/h7-8,10,12,18H,1-6,9,11,17H2. The van der Waals surface area contributed by atoms with E-state index in [9.17, 15) is 12.8 Å². The van der Waals surface area contributed by atoms with Crippen molar-refractivity contribution in [2.75, 3.05) is 6.54 Å². The number of halogens is 1. The van der Waals surface area contributed by atoms with Gasteiger partial charge in [-0.2, -0.15) is 0 Å². The van der Waals surface area contributed by atoms with Crippen LogP contribution < -0.4 is 10.5 Å². The van der Waals surface area contributed by atoms with E-state index in [4.69, 9.17) is 5.73 Å². The van der Waals surface area contributed by atoms with E-state index in [-0.39, 0.29) is 11.4 Å². The molecule has 1 saturated carbocycles. The van der Waals surface area contributed by atoms with Crippen LogP contribution >= 0.6 is 0 Å². The zero-order chi connectivity index (χ0) is 15.3. The van der Waals surface area contributed by atoms with Gasteiger partial charge in [-0.05, 0) is 36.5 Å². The van der Waals surface area contributed by atoms with Gasteiger partial charge in [0, 0.05) is 13.1 Å². The summed E-state index contributed by atoms with van der Waals surface area (Å²) in [6.45, 7) is 0.537. The van der Waals surface area contributed by atoms with Crippen molar-refractivity contribution in [3.8, 4) is 0 Å². The topological polar surface area (TPSA) is 72.2 Å². The minimum atomic E-state index is -3.80. The average Bonchev–Trinajstić information content (AvgIpc) is 2.97. The lowest BCUT2D eigenvalue weighted by Crippen LogP contribution is -2.26. The van der Waals surface area contributed by atoms with Gasteiger partial charge >= 0.3 is 0 Å². The molecule has 21 heavy (non-hydrogen) atoms. The Balaban J connectivity index is 1.91. The van der Waals surface area contributed by atoms with Crippen LogP contribution in [0, 0.1) is 11.7 Å². The maximum atomic E-state index is 13.7. The minimum Gasteiger partial charge on any atom is -0.326 e. The second kappa shape index (κ2) is 7.33. The molecule has 2 rings (SSSR count). The summed E-state index contributed by atoms with van der Waals surface area (Å²) in [5.74, 6) is -0.0118. The van der Waals surface area contributed by atoms with Gasteiger partial charge < -0.3 is 5.73 Å². The highest BCUT2D eigenvalue weighted by Gasteiger charge is 2.20. The molecule has 3 N–H and O–H groups in total. The Morgan fingerprint density at radius 3 is 2.67 bits per heavy atom. The fourth-order valence-corrected chi connectivity index (χ4v) is 4.05. The SMILES string of the molecule is NCc1ccc(F)c(S(=O)(=O)NCCCC2CCCC2)c1. The van der Waals surface area contributed by atoms with Crippen LogP contribution in [0.5, 0.6) is 0 Å². The fourth-order valence-electron chi connectivity index (χ4n) is 2.85. The molecular weight excluding hydrogens is 291 g/mol. The molecule has 0 bridgehead atoms. The molecule has 118 valence electrons. The lowest BCUT2D eigenvalue weighted by atomic mass is 10.0. The van der Waals surface area contributed by atoms with Crippen molar-refractivity contribution in [1.29, 1.82) is 0 Å². The van der Waals surface area contributed by atoms with Crippen LogP contribution in [0.15, 0.2) is 23.1 Å². The van der Waals surface area contributed by atoms with Crippen molar-refractivity contribution in [2.45, 2.75) is 50.0 Å². The summed E-state index contributed by atoms with van der Waals surface area (Å²) in [7, 11) is -3.80. The van der Waals surface area contributed by atoms with Gasteiger partial charge in [0.1, 0.15) is 10.7 Å². The molecule has 1 aromatic rings. The first-order valence-electron chi connectivity index (χ1n) is 7.51. The van der Waals surface area contributed by atoms with Gasteiger partial charge in [0.25, 0.3) is 0 Å². The minimum absolute atomic E-state index is 0.185. The third-order valence-electron chi connectivity index (χ3n) is 4.08. The lowest BCUT2D eigenvalue weighted by molar-refractivity contribution is 0.480. The smallest absolute Gasteiger partial charge is 0.243 e. The predicted molar refractivity (Wildman–Crippen MR) is 80.7 cm³/mol. The maximum absolute atomic E-state index is 13.7. The van der Waals surface area contributed by atoms with E-state index in [1.165, 1.54) is 37.8 Å². The van der Waals surface area contributed by atoms with E-state index in [0.717, 1.165) is 24.8 Å². The van der Waals surface area contributed by atoms with Crippen LogP contribution in [0.25, 0.3) is 0 Å². The molecule has 1 aliphatic carbocycles. The van der Waals surface area contributed by atoms with Crippen molar-refractivity contribution in [3.63, 3.8) is 0 Å². The van der Waals surface area contributed by atoms with E-state index in [1.807, 2.05) is 0 Å². The summed E-state index contributed by atoms with van der Waals surface area (Å²) < 4.78 is 40.4. The Bertz CT molecular complexity index is 569.